The minimum Gasteiger partial charge on any atom is -0.481 e. The molecule has 1 aromatic heterocycles. The Labute approximate surface area is 93.6 Å². The molecule has 0 amide bonds. The van der Waals surface area contributed by atoms with E-state index >= 15 is 0 Å². The largest absolute Gasteiger partial charge is 0.481 e. The molecule has 0 bridgehead atoms. The van der Waals surface area contributed by atoms with Gasteiger partial charge < -0.3 is 14.3 Å². The van der Waals surface area contributed by atoms with Crippen molar-refractivity contribution in [2.24, 2.45) is 0 Å². The molecule has 2 aromatic rings. The number of rotatable bonds is 3. The molecule has 0 saturated carbocycles. The van der Waals surface area contributed by atoms with Gasteiger partial charge in [-0.25, -0.2) is 0 Å². The topological polar surface area (TPSA) is 42.6 Å². The van der Waals surface area contributed by atoms with Crippen LogP contribution in [0.1, 0.15) is 12.7 Å². The number of hydrogen-bond donors (Lipinski definition) is 1. The Bertz CT molecular complexity index is 543. The van der Waals surface area contributed by atoms with Crippen LogP contribution in [0.15, 0.2) is 28.7 Å². The Morgan fingerprint density at radius 2 is 2.25 bits per heavy atom. The second kappa shape index (κ2) is 4.73. The van der Waals surface area contributed by atoms with Crippen LogP contribution in [0.25, 0.3) is 11.0 Å². The summed E-state index contributed by atoms with van der Waals surface area (Å²) in [6.07, 6.45) is 0. The standard InChI is InChI=1S/C13H12O3/c1-2-3-6-15-11-5-4-10-7-12(9-14)16-13(10)8-11/h4-5,7-8,14H,6,9H2,1H3. The predicted molar refractivity (Wildman–Crippen MR) is 61.1 cm³/mol. The van der Waals surface area contributed by atoms with Crippen LogP contribution >= 0.6 is 0 Å². The minimum absolute atomic E-state index is 0.0911. The molecule has 0 aliphatic rings. The number of ether oxygens (including phenoxy) is 1. The van der Waals surface area contributed by atoms with Crippen LogP contribution in [0.3, 0.4) is 0 Å². The van der Waals surface area contributed by atoms with Gasteiger partial charge in [-0.3, -0.25) is 0 Å². The van der Waals surface area contributed by atoms with Crippen molar-refractivity contribution in [3.05, 3.63) is 30.0 Å². The van der Waals surface area contributed by atoms with E-state index in [2.05, 4.69) is 11.8 Å². The summed E-state index contributed by atoms with van der Waals surface area (Å²) in [6.45, 7) is 2.05. The van der Waals surface area contributed by atoms with Crippen molar-refractivity contribution >= 4 is 11.0 Å². The molecule has 0 spiro atoms. The van der Waals surface area contributed by atoms with Gasteiger partial charge in [0.25, 0.3) is 0 Å². The van der Waals surface area contributed by atoms with Gasteiger partial charge in [0.15, 0.2) is 0 Å². The van der Waals surface area contributed by atoms with Crippen molar-refractivity contribution < 1.29 is 14.3 Å². The maximum absolute atomic E-state index is 8.94. The molecular formula is C13H12O3. The van der Waals surface area contributed by atoms with Crippen LogP contribution in [-0.4, -0.2) is 11.7 Å². The Morgan fingerprint density at radius 1 is 1.38 bits per heavy atom. The summed E-state index contributed by atoms with van der Waals surface area (Å²) < 4.78 is 10.8. The smallest absolute Gasteiger partial charge is 0.149 e. The van der Waals surface area contributed by atoms with Crippen LogP contribution in [0.4, 0.5) is 0 Å². The minimum atomic E-state index is -0.0911. The molecule has 0 aliphatic heterocycles. The van der Waals surface area contributed by atoms with Crippen LogP contribution in [0, 0.1) is 11.8 Å². The van der Waals surface area contributed by atoms with E-state index in [1.165, 1.54) is 0 Å². The summed E-state index contributed by atoms with van der Waals surface area (Å²) in [5, 5.41) is 9.89. The lowest BCUT2D eigenvalue weighted by molar-refractivity contribution is 0.251. The van der Waals surface area contributed by atoms with E-state index in [4.69, 9.17) is 14.3 Å². The molecule has 16 heavy (non-hydrogen) atoms. The summed E-state index contributed by atoms with van der Waals surface area (Å²) >= 11 is 0. The van der Waals surface area contributed by atoms with Crippen LogP contribution in [-0.2, 0) is 6.61 Å². The number of furan rings is 1. The van der Waals surface area contributed by atoms with Crippen molar-refractivity contribution in [3.8, 4) is 17.6 Å². The van der Waals surface area contributed by atoms with Gasteiger partial charge in [0.2, 0.25) is 0 Å². The van der Waals surface area contributed by atoms with Crippen molar-refractivity contribution in [2.45, 2.75) is 13.5 Å². The number of aliphatic hydroxyl groups is 1. The van der Waals surface area contributed by atoms with Gasteiger partial charge in [0.1, 0.15) is 30.3 Å². The van der Waals surface area contributed by atoms with E-state index in [1.54, 1.807) is 13.0 Å². The van der Waals surface area contributed by atoms with Crippen molar-refractivity contribution in [1.29, 1.82) is 0 Å². The fourth-order valence-electron chi connectivity index (χ4n) is 1.43. The van der Waals surface area contributed by atoms with Crippen molar-refractivity contribution in [3.63, 3.8) is 0 Å². The monoisotopic (exact) mass is 216 g/mol. The van der Waals surface area contributed by atoms with E-state index in [0.717, 1.165) is 5.39 Å². The molecule has 0 unspecified atom stereocenters. The van der Waals surface area contributed by atoms with Gasteiger partial charge in [0.05, 0.1) is 0 Å². The van der Waals surface area contributed by atoms with Gasteiger partial charge in [-0.1, -0.05) is 5.92 Å². The highest BCUT2D eigenvalue weighted by atomic mass is 16.5. The summed E-state index contributed by atoms with van der Waals surface area (Å²) in [6, 6.07) is 7.36. The van der Waals surface area contributed by atoms with Gasteiger partial charge in [0, 0.05) is 11.5 Å². The van der Waals surface area contributed by atoms with Crippen LogP contribution < -0.4 is 4.74 Å². The second-order valence-electron chi connectivity index (χ2n) is 3.29. The first kappa shape index (κ1) is 10.6. The first-order valence-electron chi connectivity index (χ1n) is 4.99. The van der Waals surface area contributed by atoms with E-state index in [0.29, 0.717) is 23.7 Å². The highest BCUT2D eigenvalue weighted by Crippen LogP contribution is 2.24. The van der Waals surface area contributed by atoms with E-state index in [9.17, 15) is 0 Å². The summed E-state index contributed by atoms with van der Waals surface area (Å²) in [5.41, 5.74) is 0.714. The molecule has 0 radical (unpaired) electrons. The highest BCUT2D eigenvalue weighted by molar-refractivity contribution is 5.79. The molecule has 1 N–H and O–H groups in total. The second-order valence-corrected chi connectivity index (χ2v) is 3.29. The molecule has 2 rings (SSSR count). The fourth-order valence-corrected chi connectivity index (χ4v) is 1.43. The molecule has 0 saturated heterocycles. The van der Waals surface area contributed by atoms with Gasteiger partial charge >= 0.3 is 0 Å². The van der Waals surface area contributed by atoms with Gasteiger partial charge in [-0.15, -0.1) is 5.92 Å². The average Bonchev–Trinajstić information content (AvgIpc) is 2.71. The predicted octanol–water partition coefficient (Wildman–Crippen LogP) is 2.33. The summed E-state index contributed by atoms with van der Waals surface area (Å²) in [4.78, 5) is 0. The number of fused-ring (bicyclic) bond motifs is 1. The van der Waals surface area contributed by atoms with Crippen LogP contribution in [0.2, 0.25) is 0 Å². The molecule has 82 valence electrons. The highest BCUT2D eigenvalue weighted by Gasteiger charge is 2.03. The number of aliphatic hydroxyl groups excluding tert-OH is 1. The Hall–Kier alpha value is -1.92. The molecule has 1 aromatic carbocycles. The Kier molecular flexibility index (Phi) is 3.13. The summed E-state index contributed by atoms with van der Waals surface area (Å²) in [7, 11) is 0. The van der Waals surface area contributed by atoms with Crippen molar-refractivity contribution in [1.82, 2.24) is 0 Å². The first-order chi connectivity index (χ1) is 7.83. The number of hydrogen-bond acceptors (Lipinski definition) is 3. The normalized spacial score (nSPS) is 9.88. The maximum Gasteiger partial charge on any atom is 0.149 e. The molecule has 0 aliphatic carbocycles. The molecule has 1 heterocycles. The zero-order valence-electron chi connectivity index (χ0n) is 8.99. The third kappa shape index (κ3) is 2.18. The lowest BCUT2D eigenvalue weighted by Crippen LogP contribution is -1.92. The molecule has 0 atom stereocenters. The number of benzene rings is 1. The Balaban J connectivity index is 2.24. The van der Waals surface area contributed by atoms with Crippen molar-refractivity contribution in [2.75, 3.05) is 6.61 Å². The molecule has 0 fully saturated rings. The van der Waals surface area contributed by atoms with Gasteiger partial charge in [-0.2, -0.15) is 0 Å². The SMILES string of the molecule is CC#CCOc1ccc2cc(CO)oc2c1. The third-order valence-corrected chi connectivity index (χ3v) is 2.19. The first-order valence-corrected chi connectivity index (χ1v) is 4.99. The quantitative estimate of drug-likeness (QED) is 0.801. The Morgan fingerprint density at radius 3 is 3.00 bits per heavy atom. The third-order valence-electron chi connectivity index (χ3n) is 2.19. The summed E-state index contributed by atoms with van der Waals surface area (Å²) in [5.74, 6) is 6.85. The fraction of sp³-hybridized carbons (Fsp3) is 0.231. The van der Waals surface area contributed by atoms with E-state index < -0.39 is 0 Å². The zero-order valence-corrected chi connectivity index (χ0v) is 8.99. The van der Waals surface area contributed by atoms with Gasteiger partial charge in [-0.05, 0) is 25.1 Å². The zero-order chi connectivity index (χ0) is 11.4. The molecule has 3 heteroatoms. The average molecular weight is 216 g/mol. The van der Waals surface area contributed by atoms with Crippen LogP contribution in [0.5, 0.6) is 5.75 Å². The maximum atomic E-state index is 8.94. The molecule has 3 nitrogen and oxygen atoms in total. The lowest BCUT2D eigenvalue weighted by Gasteiger charge is -2.00. The van der Waals surface area contributed by atoms with E-state index in [-0.39, 0.29) is 6.61 Å². The van der Waals surface area contributed by atoms with E-state index in [1.807, 2.05) is 18.2 Å². The lowest BCUT2D eigenvalue weighted by atomic mass is 10.2. The molecular weight excluding hydrogens is 204 g/mol.